The highest BCUT2D eigenvalue weighted by atomic mass is 35.5. The molecule has 0 atom stereocenters. The van der Waals surface area contributed by atoms with Crippen molar-refractivity contribution in [3.63, 3.8) is 0 Å². The third-order valence-electron chi connectivity index (χ3n) is 2.95. The number of amides is 2. The molecule has 0 saturated heterocycles. The smallest absolute Gasteiger partial charge is 0.329 e. The highest BCUT2D eigenvalue weighted by molar-refractivity contribution is 6.45. The molecule has 8 heteroatoms. The Morgan fingerprint density at radius 2 is 1.92 bits per heavy atom. The van der Waals surface area contributed by atoms with Gasteiger partial charge in [0.05, 0.1) is 28.6 Å². The van der Waals surface area contributed by atoms with Crippen molar-refractivity contribution in [3.8, 4) is 5.75 Å². The first-order chi connectivity index (χ1) is 12.0. The van der Waals surface area contributed by atoms with Gasteiger partial charge in [0.2, 0.25) is 0 Å². The summed E-state index contributed by atoms with van der Waals surface area (Å²) < 4.78 is 5.36. The van der Waals surface area contributed by atoms with Gasteiger partial charge in [-0.05, 0) is 36.8 Å². The van der Waals surface area contributed by atoms with E-state index in [0.29, 0.717) is 17.9 Å². The molecular formula is C17H15Cl2N3O3. The highest BCUT2D eigenvalue weighted by Gasteiger charge is 2.15. The van der Waals surface area contributed by atoms with Crippen LogP contribution in [-0.4, -0.2) is 24.6 Å². The lowest BCUT2D eigenvalue weighted by Gasteiger charge is -2.07. The van der Waals surface area contributed by atoms with E-state index in [-0.39, 0.29) is 15.7 Å². The number of hydrazone groups is 1. The molecule has 2 N–H and O–H groups in total. The molecule has 0 aliphatic carbocycles. The number of nitrogens with one attached hydrogen (secondary N) is 2. The van der Waals surface area contributed by atoms with Crippen molar-refractivity contribution in [3.05, 3.63) is 58.1 Å². The number of benzene rings is 2. The van der Waals surface area contributed by atoms with E-state index in [1.54, 1.807) is 30.3 Å². The molecule has 2 aromatic carbocycles. The minimum Gasteiger partial charge on any atom is -0.494 e. The number of nitrogens with zero attached hydrogens (tertiary/aromatic N) is 1. The number of carbonyl (C=O) groups excluding carboxylic acids is 2. The fraction of sp³-hybridized carbons (Fsp3) is 0.118. The van der Waals surface area contributed by atoms with Crippen molar-refractivity contribution in [1.29, 1.82) is 0 Å². The predicted molar refractivity (Wildman–Crippen MR) is 98.4 cm³/mol. The molecule has 2 aromatic rings. The van der Waals surface area contributed by atoms with Gasteiger partial charge in [-0.2, -0.15) is 5.10 Å². The fourth-order valence-corrected chi connectivity index (χ4v) is 2.19. The maximum atomic E-state index is 11.8. The van der Waals surface area contributed by atoms with E-state index in [1.807, 2.05) is 13.0 Å². The Balaban J connectivity index is 1.94. The number of halogens is 2. The summed E-state index contributed by atoms with van der Waals surface area (Å²) in [4.78, 5) is 23.6. The normalized spacial score (nSPS) is 10.5. The van der Waals surface area contributed by atoms with Gasteiger partial charge in [0.1, 0.15) is 5.75 Å². The van der Waals surface area contributed by atoms with Crippen LogP contribution in [0.1, 0.15) is 12.5 Å². The Kier molecular flexibility index (Phi) is 6.80. The van der Waals surface area contributed by atoms with E-state index in [2.05, 4.69) is 15.8 Å². The number of ether oxygens (including phenoxy) is 1. The highest BCUT2D eigenvalue weighted by Crippen LogP contribution is 2.29. The lowest BCUT2D eigenvalue weighted by atomic mass is 10.2. The van der Waals surface area contributed by atoms with E-state index in [1.165, 1.54) is 12.3 Å². The summed E-state index contributed by atoms with van der Waals surface area (Å²) in [5.41, 5.74) is 3.09. The van der Waals surface area contributed by atoms with E-state index in [0.717, 1.165) is 0 Å². The summed E-state index contributed by atoms with van der Waals surface area (Å²) >= 11 is 11.8. The summed E-state index contributed by atoms with van der Waals surface area (Å²) in [6.07, 6.45) is 1.40. The van der Waals surface area contributed by atoms with E-state index in [4.69, 9.17) is 27.9 Å². The zero-order valence-electron chi connectivity index (χ0n) is 13.3. The van der Waals surface area contributed by atoms with Crippen LogP contribution < -0.4 is 15.5 Å². The fourth-order valence-electron chi connectivity index (χ4n) is 1.85. The van der Waals surface area contributed by atoms with Gasteiger partial charge in [0.25, 0.3) is 0 Å². The number of hydrogen-bond acceptors (Lipinski definition) is 4. The molecule has 0 radical (unpaired) electrons. The van der Waals surface area contributed by atoms with E-state index >= 15 is 0 Å². The van der Waals surface area contributed by atoms with E-state index < -0.39 is 11.8 Å². The van der Waals surface area contributed by atoms with Crippen LogP contribution in [0.4, 0.5) is 5.69 Å². The topological polar surface area (TPSA) is 79.8 Å². The van der Waals surface area contributed by atoms with Gasteiger partial charge in [-0.15, -0.1) is 0 Å². The Hall–Kier alpha value is -2.57. The third-order valence-corrected chi connectivity index (χ3v) is 3.77. The van der Waals surface area contributed by atoms with Crippen LogP contribution >= 0.6 is 23.2 Å². The molecule has 2 rings (SSSR count). The first-order valence-corrected chi connectivity index (χ1v) is 8.08. The third kappa shape index (κ3) is 5.48. The van der Waals surface area contributed by atoms with Gasteiger partial charge in [-0.1, -0.05) is 41.4 Å². The van der Waals surface area contributed by atoms with Crippen LogP contribution in [0.3, 0.4) is 0 Å². The Morgan fingerprint density at radius 1 is 1.16 bits per heavy atom. The Labute approximate surface area is 154 Å². The minimum absolute atomic E-state index is 0.154. The molecule has 0 aromatic heterocycles. The summed E-state index contributed by atoms with van der Waals surface area (Å²) in [5.74, 6) is -1.16. The molecule has 0 unspecified atom stereocenters. The van der Waals surface area contributed by atoms with Crippen LogP contribution in [0.2, 0.25) is 10.0 Å². The molecule has 0 fully saturated rings. The largest absolute Gasteiger partial charge is 0.494 e. The van der Waals surface area contributed by atoms with Gasteiger partial charge in [0.15, 0.2) is 0 Å². The van der Waals surface area contributed by atoms with Crippen molar-refractivity contribution in [2.45, 2.75) is 6.92 Å². The van der Waals surface area contributed by atoms with Crippen molar-refractivity contribution in [2.75, 3.05) is 11.9 Å². The summed E-state index contributed by atoms with van der Waals surface area (Å²) in [6, 6.07) is 11.8. The van der Waals surface area contributed by atoms with Gasteiger partial charge in [-0.3, -0.25) is 9.59 Å². The number of hydrogen-bond donors (Lipinski definition) is 2. The monoisotopic (exact) mass is 379 g/mol. The van der Waals surface area contributed by atoms with Gasteiger partial charge >= 0.3 is 11.8 Å². The molecule has 130 valence electrons. The second kappa shape index (κ2) is 9.05. The minimum atomic E-state index is -0.937. The SMILES string of the molecule is CCOc1cccc(/C=N\NC(=O)C(=O)Nc2cccc(Cl)c2Cl)c1. The Morgan fingerprint density at radius 3 is 2.68 bits per heavy atom. The summed E-state index contributed by atoms with van der Waals surface area (Å²) in [5, 5.41) is 6.53. The molecule has 0 spiro atoms. The predicted octanol–water partition coefficient (Wildman–Crippen LogP) is 3.48. The first kappa shape index (κ1) is 18.8. The number of carbonyl (C=O) groups is 2. The van der Waals surface area contributed by atoms with Gasteiger partial charge in [0, 0.05) is 0 Å². The van der Waals surface area contributed by atoms with Crippen LogP contribution in [0, 0.1) is 0 Å². The van der Waals surface area contributed by atoms with Crippen LogP contribution in [0.5, 0.6) is 5.75 Å². The molecule has 0 saturated carbocycles. The van der Waals surface area contributed by atoms with E-state index in [9.17, 15) is 9.59 Å². The number of rotatable bonds is 5. The molecule has 25 heavy (non-hydrogen) atoms. The molecule has 6 nitrogen and oxygen atoms in total. The van der Waals surface area contributed by atoms with Crippen LogP contribution in [0.15, 0.2) is 47.6 Å². The zero-order valence-corrected chi connectivity index (χ0v) is 14.8. The average Bonchev–Trinajstić information content (AvgIpc) is 2.59. The molecular weight excluding hydrogens is 365 g/mol. The standard InChI is InChI=1S/C17H15Cl2N3O3/c1-2-25-12-6-3-5-11(9-12)10-20-22-17(24)16(23)21-14-8-4-7-13(18)15(14)19/h3-10H,2H2,1H3,(H,21,23)(H,22,24)/b20-10-. The molecule has 0 aliphatic heterocycles. The first-order valence-electron chi connectivity index (χ1n) is 7.32. The molecule has 0 bridgehead atoms. The number of anilines is 1. The summed E-state index contributed by atoms with van der Waals surface area (Å²) in [7, 11) is 0. The molecule has 0 aliphatic rings. The van der Waals surface area contributed by atoms with Crippen molar-refractivity contribution in [2.24, 2.45) is 5.10 Å². The van der Waals surface area contributed by atoms with Gasteiger partial charge < -0.3 is 10.1 Å². The maximum absolute atomic E-state index is 11.8. The van der Waals surface area contributed by atoms with Gasteiger partial charge in [-0.25, -0.2) is 5.43 Å². The second-order valence-electron chi connectivity index (χ2n) is 4.76. The second-order valence-corrected chi connectivity index (χ2v) is 5.55. The average molecular weight is 380 g/mol. The molecule has 2 amide bonds. The van der Waals surface area contributed by atoms with Crippen molar-refractivity contribution < 1.29 is 14.3 Å². The molecule has 0 heterocycles. The zero-order chi connectivity index (χ0) is 18.2. The quantitative estimate of drug-likeness (QED) is 0.474. The maximum Gasteiger partial charge on any atom is 0.329 e. The lowest BCUT2D eigenvalue weighted by molar-refractivity contribution is -0.136. The van der Waals surface area contributed by atoms with Crippen molar-refractivity contribution in [1.82, 2.24) is 5.43 Å². The Bertz CT molecular complexity index is 809. The van der Waals surface area contributed by atoms with Crippen LogP contribution in [0.25, 0.3) is 0 Å². The lowest BCUT2D eigenvalue weighted by Crippen LogP contribution is -2.32. The van der Waals surface area contributed by atoms with Crippen molar-refractivity contribution >= 4 is 46.9 Å². The summed E-state index contributed by atoms with van der Waals surface area (Å²) in [6.45, 7) is 2.43. The van der Waals surface area contributed by atoms with Crippen LogP contribution in [-0.2, 0) is 9.59 Å².